The summed E-state index contributed by atoms with van der Waals surface area (Å²) in [6.07, 6.45) is 2.99. The van der Waals surface area contributed by atoms with Crippen LogP contribution in [0.2, 0.25) is 0 Å². The van der Waals surface area contributed by atoms with Gasteiger partial charge in [0.1, 0.15) is 12.3 Å². The van der Waals surface area contributed by atoms with Crippen LogP contribution in [0.1, 0.15) is 34.6 Å². The molecule has 3 aromatic rings. The van der Waals surface area contributed by atoms with E-state index in [1.165, 1.54) is 9.75 Å². The smallest absolute Gasteiger partial charge is 0.215 e. The molecule has 1 radical (unpaired) electrons. The van der Waals surface area contributed by atoms with Crippen LogP contribution in [0.3, 0.4) is 0 Å². The number of carbonyl (C=O) groups excluding carboxylic acids is 1. The summed E-state index contributed by atoms with van der Waals surface area (Å²) >= 11 is 3.37. The van der Waals surface area contributed by atoms with Crippen LogP contribution in [0.25, 0.3) is 0 Å². The molecule has 3 rings (SSSR count). The van der Waals surface area contributed by atoms with Crippen molar-refractivity contribution in [2.24, 2.45) is 0 Å². The summed E-state index contributed by atoms with van der Waals surface area (Å²) in [4.78, 5) is 16.4. The molecule has 31 heavy (non-hydrogen) atoms. The number of benzene rings is 1. The number of hydrogen-bond donors (Lipinski definition) is 1. The first-order valence-electron chi connectivity index (χ1n) is 10.2. The largest absolute Gasteiger partial charge is 0.301 e. The summed E-state index contributed by atoms with van der Waals surface area (Å²) < 4.78 is 27.1. The molecular weight excluding hydrogens is 448 g/mol. The highest BCUT2D eigenvalue weighted by molar-refractivity contribution is 7.88. The van der Waals surface area contributed by atoms with Crippen LogP contribution >= 0.6 is 22.7 Å². The second-order valence-electron chi connectivity index (χ2n) is 7.22. The monoisotopic (exact) mass is 475 g/mol. The summed E-state index contributed by atoms with van der Waals surface area (Å²) in [5, 5.41) is 4.08. The number of unbranched alkanes of at least 4 members (excludes halogenated alkanes) is 1. The molecule has 2 heterocycles. The standard InChI is InChI=1S/C23H27N2O3S3/c26-18-21(25(16-22-11-6-14-29-22)17-23-12-7-15-30-23)10-4-5-13-24-31(27,28)19-20-8-2-1-3-9-20/h1-3,6-9,11-12,14-15,18,24H,4-5,10,13,16-17,19H2. The predicted octanol–water partition coefficient (Wildman–Crippen LogP) is 4.83. The molecule has 1 N–H and O–H groups in total. The Hall–Kier alpha value is -1.84. The van der Waals surface area contributed by atoms with Gasteiger partial charge in [-0.05, 0) is 47.7 Å². The third-order valence-corrected chi connectivity index (χ3v) is 7.86. The molecule has 1 aromatic carbocycles. The Morgan fingerprint density at radius 3 is 2.10 bits per heavy atom. The zero-order valence-electron chi connectivity index (χ0n) is 17.3. The fourth-order valence-electron chi connectivity index (χ4n) is 3.24. The first kappa shape index (κ1) is 23.8. The Morgan fingerprint density at radius 1 is 0.903 bits per heavy atom. The molecule has 0 unspecified atom stereocenters. The maximum Gasteiger partial charge on any atom is 0.215 e. The van der Waals surface area contributed by atoms with Gasteiger partial charge in [0.15, 0.2) is 0 Å². The number of sulfonamides is 1. The molecule has 0 aliphatic rings. The van der Waals surface area contributed by atoms with Crippen molar-refractivity contribution < 1.29 is 13.2 Å². The number of hydrogen-bond acceptors (Lipinski definition) is 6. The highest BCUT2D eigenvalue weighted by Gasteiger charge is 2.20. The van der Waals surface area contributed by atoms with E-state index in [1.807, 2.05) is 41.1 Å². The van der Waals surface area contributed by atoms with E-state index in [0.717, 1.165) is 24.3 Å². The van der Waals surface area contributed by atoms with Crippen LogP contribution in [0.4, 0.5) is 0 Å². The van der Waals surface area contributed by atoms with E-state index >= 15 is 0 Å². The van der Waals surface area contributed by atoms with Gasteiger partial charge in [0.25, 0.3) is 0 Å². The molecule has 0 amide bonds. The number of thiophene rings is 2. The minimum Gasteiger partial charge on any atom is -0.301 e. The van der Waals surface area contributed by atoms with Crippen molar-refractivity contribution >= 4 is 39.0 Å². The maximum atomic E-state index is 12.2. The van der Waals surface area contributed by atoms with E-state index in [9.17, 15) is 13.2 Å². The van der Waals surface area contributed by atoms with Gasteiger partial charge in [-0.3, -0.25) is 4.90 Å². The SMILES string of the molecule is O=C[C](CCCCNS(=O)(=O)Cc1ccccc1)N(Cc1cccs1)Cc1cccs1. The number of carbonyl (C=O) groups is 1. The summed E-state index contributed by atoms with van der Waals surface area (Å²) in [5.41, 5.74) is 0.768. The lowest BCUT2D eigenvalue weighted by Crippen LogP contribution is -2.29. The topological polar surface area (TPSA) is 66.5 Å². The molecule has 5 nitrogen and oxygen atoms in total. The second kappa shape index (κ2) is 12.3. The molecule has 0 saturated carbocycles. The van der Waals surface area contributed by atoms with Gasteiger partial charge in [0, 0.05) is 29.4 Å². The molecule has 165 valence electrons. The average Bonchev–Trinajstić information content (AvgIpc) is 3.45. The first-order valence-corrected chi connectivity index (χ1v) is 13.6. The van der Waals surface area contributed by atoms with E-state index in [1.54, 1.807) is 34.8 Å². The van der Waals surface area contributed by atoms with E-state index in [4.69, 9.17) is 0 Å². The lowest BCUT2D eigenvalue weighted by atomic mass is 10.1. The van der Waals surface area contributed by atoms with Crippen molar-refractivity contribution in [3.63, 3.8) is 0 Å². The van der Waals surface area contributed by atoms with Crippen molar-refractivity contribution in [2.75, 3.05) is 6.54 Å². The number of nitrogens with one attached hydrogen (secondary N) is 1. The summed E-state index contributed by atoms with van der Waals surface area (Å²) in [6.45, 7) is 1.78. The van der Waals surface area contributed by atoms with Crippen molar-refractivity contribution in [1.82, 2.24) is 9.62 Å². The van der Waals surface area contributed by atoms with E-state index in [-0.39, 0.29) is 5.75 Å². The number of aldehydes is 1. The fraction of sp³-hybridized carbons (Fsp3) is 0.304. The highest BCUT2D eigenvalue weighted by atomic mass is 32.2. The molecule has 8 heteroatoms. The molecule has 2 aromatic heterocycles. The summed E-state index contributed by atoms with van der Waals surface area (Å²) in [5.74, 6) is -0.0189. The molecule has 0 aliphatic carbocycles. The molecule has 0 fully saturated rings. The molecule has 0 atom stereocenters. The lowest BCUT2D eigenvalue weighted by Gasteiger charge is -2.26. The van der Waals surface area contributed by atoms with E-state index < -0.39 is 10.0 Å². The van der Waals surface area contributed by atoms with Crippen LogP contribution < -0.4 is 4.72 Å². The normalized spacial score (nSPS) is 11.9. The van der Waals surface area contributed by atoms with Crippen LogP contribution in [0, 0.1) is 6.04 Å². The van der Waals surface area contributed by atoms with Crippen molar-refractivity contribution in [2.45, 2.75) is 38.1 Å². The highest BCUT2D eigenvalue weighted by Crippen LogP contribution is 2.24. The molecule has 0 saturated heterocycles. The van der Waals surface area contributed by atoms with Crippen LogP contribution in [-0.2, 0) is 33.7 Å². The van der Waals surface area contributed by atoms with Crippen LogP contribution in [0.15, 0.2) is 65.4 Å². The van der Waals surface area contributed by atoms with E-state index in [0.29, 0.717) is 32.5 Å². The average molecular weight is 476 g/mol. The van der Waals surface area contributed by atoms with Gasteiger partial charge in [-0.25, -0.2) is 13.1 Å². The first-order chi connectivity index (χ1) is 15.1. The Balaban J connectivity index is 1.47. The quantitative estimate of drug-likeness (QED) is 0.268. The Bertz CT molecular complexity index is 952. The third kappa shape index (κ3) is 8.31. The van der Waals surface area contributed by atoms with Gasteiger partial charge in [-0.2, -0.15) is 0 Å². The minimum absolute atomic E-state index is 0.0189. The second-order valence-corrected chi connectivity index (χ2v) is 11.1. The molecular formula is C23H27N2O3S3. The zero-order chi connectivity index (χ0) is 21.9. The maximum absolute atomic E-state index is 12.2. The number of nitrogens with zero attached hydrogens (tertiary/aromatic N) is 1. The predicted molar refractivity (Wildman–Crippen MR) is 128 cm³/mol. The van der Waals surface area contributed by atoms with Crippen molar-refractivity contribution in [3.05, 3.63) is 86.7 Å². The van der Waals surface area contributed by atoms with Gasteiger partial charge >= 0.3 is 0 Å². The van der Waals surface area contributed by atoms with Gasteiger partial charge in [0.05, 0.1) is 5.75 Å². The Morgan fingerprint density at radius 2 is 1.55 bits per heavy atom. The Kier molecular flexibility index (Phi) is 9.42. The van der Waals surface area contributed by atoms with E-state index in [2.05, 4.69) is 21.8 Å². The van der Waals surface area contributed by atoms with Gasteiger partial charge in [-0.1, -0.05) is 42.5 Å². The summed E-state index contributed by atoms with van der Waals surface area (Å²) in [7, 11) is -3.36. The minimum atomic E-state index is -3.36. The zero-order valence-corrected chi connectivity index (χ0v) is 19.7. The van der Waals surface area contributed by atoms with Gasteiger partial charge in [0.2, 0.25) is 10.0 Å². The molecule has 0 aliphatic heterocycles. The fourth-order valence-corrected chi connectivity index (χ4v) is 5.86. The molecule has 0 bridgehead atoms. The van der Waals surface area contributed by atoms with Gasteiger partial charge in [-0.15, -0.1) is 22.7 Å². The summed E-state index contributed by atoms with van der Waals surface area (Å²) in [6, 6.07) is 18.1. The van der Waals surface area contributed by atoms with Crippen molar-refractivity contribution in [1.29, 1.82) is 0 Å². The number of rotatable bonds is 14. The van der Waals surface area contributed by atoms with Crippen LogP contribution in [-0.4, -0.2) is 26.1 Å². The lowest BCUT2D eigenvalue weighted by molar-refractivity contribution is -0.109. The van der Waals surface area contributed by atoms with Gasteiger partial charge < -0.3 is 4.79 Å². The Labute approximate surface area is 192 Å². The van der Waals surface area contributed by atoms with Crippen LogP contribution in [0.5, 0.6) is 0 Å². The molecule has 0 spiro atoms. The third-order valence-electron chi connectivity index (χ3n) is 4.78. The van der Waals surface area contributed by atoms with Crippen molar-refractivity contribution in [3.8, 4) is 0 Å².